The third-order valence-corrected chi connectivity index (χ3v) is 3.41. The summed E-state index contributed by atoms with van der Waals surface area (Å²) in [7, 11) is 0. The molecule has 78 valence electrons. The number of aromatic nitrogens is 3. The number of hydrogen-bond acceptors (Lipinski definition) is 2. The van der Waals surface area contributed by atoms with Crippen LogP contribution >= 0.6 is 39.1 Å². The van der Waals surface area contributed by atoms with E-state index in [1.807, 2.05) is 19.1 Å². The molecule has 0 atom stereocenters. The Morgan fingerprint density at radius 3 is 2.53 bits per heavy atom. The molecule has 1 aromatic heterocycles. The first-order valence-electron chi connectivity index (χ1n) is 4.12. The zero-order valence-corrected chi connectivity index (χ0v) is 10.8. The van der Waals surface area contributed by atoms with Crippen LogP contribution in [-0.2, 0) is 0 Å². The Hall–Kier alpha value is -0.580. The Bertz CT molecular complexity index is 491. The van der Waals surface area contributed by atoms with Gasteiger partial charge in [0, 0.05) is 4.47 Å². The Morgan fingerprint density at radius 2 is 2.00 bits per heavy atom. The number of rotatable bonds is 1. The van der Waals surface area contributed by atoms with Crippen LogP contribution < -0.4 is 0 Å². The minimum Gasteiger partial charge on any atom is -0.270 e. The van der Waals surface area contributed by atoms with Gasteiger partial charge in [0.05, 0.1) is 10.7 Å². The van der Waals surface area contributed by atoms with E-state index in [1.165, 1.54) is 0 Å². The molecular weight excluding hydrogens is 301 g/mol. The molecule has 2 rings (SSSR count). The van der Waals surface area contributed by atoms with Crippen molar-refractivity contribution in [2.75, 3.05) is 0 Å². The summed E-state index contributed by atoms with van der Waals surface area (Å²) in [6.07, 6.45) is 0. The largest absolute Gasteiger partial charge is 0.270 e. The van der Waals surface area contributed by atoms with Crippen LogP contribution in [0.2, 0.25) is 10.3 Å². The summed E-state index contributed by atoms with van der Waals surface area (Å²) in [5.74, 6) is 0.731. The van der Waals surface area contributed by atoms with Crippen molar-refractivity contribution in [3.63, 3.8) is 0 Å². The lowest BCUT2D eigenvalue weighted by molar-refractivity contribution is 0.969. The Labute approximate surface area is 105 Å². The molecule has 0 unspecified atom stereocenters. The van der Waals surface area contributed by atoms with Crippen LogP contribution in [0.5, 0.6) is 0 Å². The summed E-state index contributed by atoms with van der Waals surface area (Å²) in [5.41, 5.74) is 0.874. The van der Waals surface area contributed by atoms with E-state index in [2.05, 4.69) is 26.1 Å². The minimum absolute atomic E-state index is 0.335. The zero-order chi connectivity index (χ0) is 11.0. The predicted molar refractivity (Wildman–Crippen MR) is 63.8 cm³/mol. The zero-order valence-electron chi connectivity index (χ0n) is 7.71. The molecule has 0 aliphatic carbocycles. The number of halogens is 3. The Balaban J connectivity index is 2.59. The molecule has 6 heteroatoms. The molecule has 2 aromatic rings. The number of benzene rings is 1. The van der Waals surface area contributed by atoms with Crippen molar-refractivity contribution < 1.29 is 0 Å². The molecule has 0 radical (unpaired) electrons. The van der Waals surface area contributed by atoms with Crippen molar-refractivity contribution in [3.05, 3.63) is 38.8 Å². The highest BCUT2D eigenvalue weighted by Crippen LogP contribution is 2.26. The van der Waals surface area contributed by atoms with Gasteiger partial charge in [0.2, 0.25) is 5.28 Å². The van der Waals surface area contributed by atoms with Crippen LogP contribution in [0, 0.1) is 6.92 Å². The fourth-order valence-corrected chi connectivity index (χ4v) is 2.00. The van der Waals surface area contributed by atoms with Gasteiger partial charge in [0.1, 0.15) is 5.82 Å². The first kappa shape index (κ1) is 10.9. The van der Waals surface area contributed by atoms with Gasteiger partial charge in [0.15, 0.2) is 0 Å². The molecule has 0 spiro atoms. The molecule has 0 amide bonds. The number of aryl methyl sites for hydroxylation is 1. The van der Waals surface area contributed by atoms with E-state index in [0.717, 1.165) is 16.0 Å². The molecular formula is C9H6BrCl2N3. The normalized spacial score (nSPS) is 10.7. The summed E-state index contributed by atoms with van der Waals surface area (Å²) in [5, 5.41) is 8.64. The minimum atomic E-state index is 0.335. The lowest BCUT2D eigenvalue weighted by Crippen LogP contribution is -1.97. The quantitative estimate of drug-likeness (QED) is 0.805. The van der Waals surface area contributed by atoms with Gasteiger partial charge in [0.25, 0.3) is 0 Å². The lowest BCUT2D eigenvalue weighted by Gasteiger charge is -2.06. The second-order valence-electron chi connectivity index (χ2n) is 2.95. The first-order chi connectivity index (χ1) is 7.09. The highest BCUT2D eigenvalue weighted by molar-refractivity contribution is 9.10. The van der Waals surface area contributed by atoms with Gasteiger partial charge in [-0.05, 0) is 52.7 Å². The summed E-state index contributed by atoms with van der Waals surface area (Å²) >= 11 is 15.2. The van der Waals surface area contributed by atoms with Crippen molar-refractivity contribution in [2.24, 2.45) is 0 Å². The van der Waals surface area contributed by atoms with Crippen LogP contribution in [0.4, 0.5) is 0 Å². The maximum Gasteiger partial charge on any atom is 0.229 e. The van der Waals surface area contributed by atoms with Gasteiger partial charge in [-0.1, -0.05) is 11.6 Å². The molecule has 0 N–H and O–H groups in total. The van der Waals surface area contributed by atoms with Gasteiger partial charge in [-0.15, -0.1) is 10.2 Å². The van der Waals surface area contributed by atoms with Crippen LogP contribution in [0.15, 0.2) is 22.7 Å². The van der Waals surface area contributed by atoms with E-state index in [4.69, 9.17) is 23.2 Å². The molecule has 0 fully saturated rings. The highest BCUT2D eigenvalue weighted by atomic mass is 79.9. The van der Waals surface area contributed by atoms with Gasteiger partial charge >= 0.3 is 0 Å². The van der Waals surface area contributed by atoms with E-state index >= 15 is 0 Å². The fraction of sp³-hybridized carbons (Fsp3) is 0.111. The Kier molecular flexibility index (Phi) is 3.00. The van der Waals surface area contributed by atoms with E-state index < -0.39 is 0 Å². The summed E-state index contributed by atoms with van der Waals surface area (Å²) in [6.45, 7) is 1.83. The fourth-order valence-electron chi connectivity index (χ4n) is 1.25. The topological polar surface area (TPSA) is 30.7 Å². The van der Waals surface area contributed by atoms with Crippen LogP contribution in [0.3, 0.4) is 0 Å². The predicted octanol–water partition coefficient (Wildman–Crippen LogP) is 3.65. The van der Waals surface area contributed by atoms with Gasteiger partial charge in [-0.25, -0.2) is 0 Å². The smallest absolute Gasteiger partial charge is 0.229 e. The maximum absolute atomic E-state index is 5.91. The lowest BCUT2D eigenvalue weighted by atomic mass is 10.3. The van der Waals surface area contributed by atoms with E-state index in [-0.39, 0.29) is 0 Å². The second-order valence-corrected chi connectivity index (χ2v) is 4.55. The number of nitrogens with zero attached hydrogens (tertiary/aromatic N) is 3. The third-order valence-electron chi connectivity index (χ3n) is 1.95. The van der Waals surface area contributed by atoms with E-state index in [9.17, 15) is 0 Å². The maximum atomic E-state index is 5.91. The molecule has 0 saturated heterocycles. The first-order valence-corrected chi connectivity index (χ1v) is 5.67. The molecule has 0 aliphatic heterocycles. The molecule has 0 saturated carbocycles. The molecule has 0 aliphatic rings. The summed E-state index contributed by atoms with van der Waals surface area (Å²) in [6, 6.07) is 5.51. The average Bonchev–Trinajstić information content (AvgIpc) is 2.52. The van der Waals surface area contributed by atoms with Gasteiger partial charge < -0.3 is 0 Å². The van der Waals surface area contributed by atoms with Gasteiger partial charge in [-0.3, -0.25) is 4.57 Å². The van der Waals surface area contributed by atoms with Crippen LogP contribution in [0.1, 0.15) is 5.82 Å². The molecule has 1 heterocycles. The van der Waals surface area contributed by atoms with Crippen LogP contribution in [0.25, 0.3) is 5.69 Å². The van der Waals surface area contributed by atoms with Crippen molar-refractivity contribution in [1.29, 1.82) is 0 Å². The second kappa shape index (κ2) is 4.12. The van der Waals surface area contributed by atoms with Crippen molar-refractivity contribution in [3.8, 4) is 5.69 Å². The van der Waals surface area contributed by atoms with Crippen molar-refractivity contribution in [2.45, 2.75) is 6.92 Å². The third kappa shape index (κ3) is 2.02. The Morgan fingerprint density at radius 1 is 1.27 bits per heavy atom. The van der Waals surface area contributed by atoms with Crippen molar-refractivity contribution in [1.82, 2.24) is 14.8 Å². The monoisotopic (exact) mass is 305 g/mol. The van der Waals surface area contributed by atoms with Gasteiger partial charge in [-0.2, -0.15) is 0 Å². The van der Waals surface area contributed by atoms with Crippen molar-refractivity contribution >= 4 is 39.1 Å². The number of hydrogen-bond donors (Lipinski definition) is 0. The molecule has 0 bridgehead atoms. The summed E-state index contributed by atoms with van der Waals surface area (Å²) in [4.78, 5) is 0. The average molecular weight is 307 g/mol. The molecule has 15 heavy (non-hydrogen) atoms. The summed E-state index contributed by atoms with van der Waals surface area (Å²) < 4.78 is 2.55. The van der Waals surface area contributed by atoms with E-state index in [0.29, 0.717) is 10.3 Å². The van der Waals surface area contributed by atoms with E-state index in [1.54, 1.807) is 10.6 Å². The highest BCUT2D eigenvalue weighted by Gasteiger charge is 2.09. The molecule has 1 aromatic carbocycles. The van der Waals surface area contributed by atoms with Crippen LogP contribution in [-0.4, -0.2) is 14.8 Å². The molecule has 3 nitrogen and oxygen atoms in total. The standard InChI is InChI=1S/C9H6BrCl2N3/c1-5-13-14-9(12)15(5)6-2-3-8(11)7(10)4-6/h2-4H,1H3. The SMILES string of the molecule is Cc1nnc(Cl)n1-c1ccc(Cl)c(Br)c1.